The van der Waals surface area contributed by atoms with Crippen LogP contribution in [0, 0.1) is 0 Å². The molecule has 5 heteroatoms. The van der Waals surface area contributed by atoms with E-state index in [1.165, 1.54) is 4.88 Å². The molecule has 4 nitrogen and oxygen atoms in total. The van der Waals surface area contributed by atoms with E-state index >= 15 is 0 Å². The molecule has 1 aliphatic heterocycles. The summed E-state index contributed by atoms with van der Waals surface area (Å²) in [5.74, 6) is 0.400. The van der Waals surface area contributed by atoms with Crippen molar-refractivity contribution >= 4 is 22.9 Å². The predicted molar refractivity (Wildman–Crippen MR) is 116 cm³/mol. The number of nitrogens with zero attached hydrogens (tertiary/aromatic N) is 3. The maximum Gasteiger partial charge on any atom is 0.253 e. The summed E-state index contributed by atoms with van der Waals surface area (Å²) < 4.78 is 0. The van der Waals surface area contributed by atoms with Crippen LogP contribution in [0.15, 0.2) is 60.0 Å². The fourth-order valence-electron chi connectivity index (χ4n) is 3.74. The molecule has 1 saturated heterocycles. The topological polar surface area (TPSA) is 36.4 Å². The van der Waals surface area contributed by atoms with E-state index < -0.39 is 0 Å². The summed E-state index contributed by atoms with van der Waals surface area (Å²) in [4.78, 5) is 23.2. The van der Waals surface area contributed by atoms with Crippen LogP contribution in [0.2, 0.25) is 0 Å². The lowest BCUT2D eigenvalue weighted by Crippen LogP contribution is -2.39. The van der Waals surface area contributed by atoms with Crippen LogP contribution in [-0.4, -0.2) is 43.0 Å². The van der Waals surface area contributed by atoms with Crippen LogP contribution in [0.5, 0.6) is 0 Å². The van der Waals surface area contributed by atoms with Gasteiger partial charge >= 0.3 is 0 Å². The van der Waals surface area contributed by atoms with Crippen molar-refractivity contribution in [1.82, 2.24) is 9.88 Å². The van der Waals surface area contributed by atoms with E-state index in [1.54, 1.807) is 11.3 Å². The average molecular weight is 392 g/mol. The number of hydrogen-bond acceptors (Lipinski definition) is 4. The Hall–Kier alpha value is -2.66. The Balaban J connectivity index is 1.53. The van der Waals surface area contributed by atoms with Crippen molar-refractivity contribution in [2.45, 2.75) is 18.8 Å². The number of thiophene rings is 1. The molecule has 0 spiro atoms. The fourth-order valence-corrected chi connectivity index (χ4v) is 4.44. The Morgan fingerprint density at radius 1 is 1.14 bits per heavy atom. The Labute approximate surface area is 170 Å². The van der Waals surface area contributed by atoms with Crippen LogP contribution in [0.1, 0.15) is 34.8 Å². The van der Waals surface area contributed by atoms with Gasteiger partial charge in [-0.1, -0.05) is 18.2 Å². The number of amides is 1. The lowest BCUT2D eigenvalue weighted by Gasteiger charge is -2.33. The van der Waals surface area contributed by atoms with Crippen LogP contribution in [0.25, 0.3) is 10.6 Å². The van der Waals surface area contributed by atoms with Crippen LogP contribution < -0.4 is 4.90 Å². The van der Waals surface area contributed by atoms with Crippen LogP contribution in [0.4, 0.5) is 5.69 Å². The number of rotatable bonds is 4. The average Bonchev–Trinajstić information content (AvgIpc) is 3.28. The molecule has 1 aliphatic rings. The molecule has 2 aromatic heterocycles. The monoisotopic (exact) mass is 391 g/mol. The maximum absolute atomic E-state index is 13.1. The zero-order valence-corrected chi connectivity index (χ0v) is 17.2. The van der Waals surface area contributed by atoms with Crippen molar-refractivity contribution in [3.8, 4) is 10.6 Å². The van der Waals surface area contributed by atoms with E-state index in [4.69, 9.17) is 4.98 Å². The largest absolute Gasteiger partial charge is 0.378 e. The molecule has 1 amide bonds. The zero-order chi connectivity index (χ0) is 19.5. The predicted octanol–water partition coefficient (Wildman–Crippen LogP) is 4.90. The minimum Gasteiger partial charge on any atom is -0.378 e. The highest BCUT2D eigenvalue weighted by Gasteiger charge is 2.26. The Bertz CT molecular complexity index is 952. The van der Waals surface area contributed by atoms with Crippen molar-refractivity contribution < 1.29 is 4.79 Å². The fraction of sp³-hybridized carbons (Fsp3) is 0.304. The molecule has 0 N–H and O–H groups in total. The number of piperidine rings is 1. The van der Waals surface area contributed by atoms with Gasteiger partial charge < -0.3 is 9.80 Å². The molecular formula is C23H25N3OS. The molecule has 0 aliphatic carbocycles. The molecule has 3 aromatic rings. The van der Waals surface area contributed by atoms with Crippen LogP contribution >= 0.6 is 11.3 Å². The van der Waals surface area contributed by atoms with Gasteiger partial charge in [0.1, 0.15) is 0 Å². The molecule has 0 radical (unpaired) electrons. The Kier molecular flexibility index (Phi) is 5.44. The third kappa shape index (κ3) is 3.94. The second kappa shape index (κ2) is 8.15. The molecule has 0 unspecified atom stereocenters. The molecule has 1 atom stereocenters. The summed E-state index contributed by atoms with van der Waals surface area (Å²) in [7, 11) is 3.99. The van der Waals surface area contributed by atoms with E-state index in [0.29, 0.717) is 0 Å². The zero-order valence-electron chi connectivity index (χ0n) is 16.3. The van der Waals surface area contributed by atoms with E-state index in [1.807, 2.05) is 48.2 Å². The number of benzene rings is 1. The van der Waals surface area contributed by atoms with Gasteiger partial charge in [0.05, 0.1) is 10.6 Å². The number of carbonyl (C=O) groups excluding carboxylic acids is 1. The third-order valence-corrected chi connectivity index (χ3v) is 6.17. The smallest absolute Gasteiger partial charge is 0.253 e. The van der Waals surface area contributed by atoms with Gasteiger partial charge in [0, 0.05) is 50.0 Å². The highest BCUT2D eigenvalue weighted by molar-refractivity contribution is 7.13. The van der Waals surface area contributed by atoms with Gasteiger partial charge in [-0.15, -0.1) is 11.3 Å². The first-order valence-corrected chi connectivity index (χ1v) is 10.6. The quantitative estimate of drug-likeness (QED) is 0.635. The first kappa shape index (κ1) is 18.7. The lowest BCUT2D eigenvalue weighted by molar-refractivity contribution is 0.0706. The number of hydrogen-bond donors (Lipinski definition) is 0. The highest BCUT2D eigenvalue weighted by Crippen LogP contribution is 2.30. The molecule has 4 rings (SSSR count). The van der Waals surface area contributed by atoms with Gasteiger partial charge in [-0.25, -0.2) is 0 Å². The van der Waals surface area contributed by atoms with Gasteiger partial charge in [0.2, 0.25) is 0 Å². The second-order valence-electron chi connectivity index (χ2n) is 7.46. The van der Waals surface area contributed by atoms with Gasteiger partial charge in [-0.2, -0.15) is 0 Å². The van der Waals surface area contributed by atoms with E-state index in [2.05, 4.69) is 35.7 Å². The van der Waals surface area contributed by atoms with E-state index in [-0.39, 0.29) is 11.8 Å². The number of likely N-dealkylation sites (tertiary alicyclic amines) is 1. The lowest BCUT2D eigenvalue weighted by atomic mass is 9.93. The first-order chi connectivity index (χ1) is 13.6. The van der Waals surface area contributed by atoms with E-state index in [0.717, 1.165) is 48.6 Å². The molecule has 28 heavy (non-hydrogen) atoms. The van der Waals surface area contributed by atoms with E-state index in [9.17, 15) is 4.79 Å². The normalized spacial score (nSPS) is 16.8. The van der Waals surface area contributed by atoms with Gasteiger partial charge in [-0.3, -0.25) is 9.78 Å². The summed E-state index contributed by atoms with van der Waals surface area (Å²) in [5, 5.41) is 2.08. The minimum atomic E-state index is 0.114. The standard InChI is InChI=1S/C23H25N3OS/c1-25(2)19-9-3-7-17(15-19)23(27)26-13-5-8-18(16-26)20-10-4-11-21(24-20)22-12-6-14-28-22/h3-4,6-7,9-12,14-15,18H,5,8,13,16H2,1-2H3/t18-/m0/s1. The molecule has 1 aromatic carbocycles. The van der Waals surface area contributed by atoms with Crippen molar-refractivity contribution in [3.05, 3.63) is 71.2 Å². The molecule has 144 valence electrons. The number of aromatic nitrogens is 1. The molecule has 1 fully saturated rings. The number of carbonyl (C=O) groups is 1. The maximum atomic E-state index is 13.1. The molecule has 3 heterocycles. The molecular weight excluding hydrogens is 366 g/mol. The Morgan fingerprint density at radius 3 is 2.79 bits per heavy atom. The van der Waals surface area contributed by atoms with Crippen molar-refractivity contribution in [1.29, 1.82) is 0 Å². The van der Waals surface area contributed by atoms with Gasteiger partial charge in [0.15, 0.2) is 0 Å². The summed E-state index contributed by atoms with van der Waals surface area (Å²) in [6.45, 7) is 1.54. The second-order valence-corrected chi connectivity index (χ2v) is 8.41. The summed E-state index contributed by atoms with van der Waals surface area (Å²) in [6, 6.07) is 18.3. The molecule has 0 saturated carbocycles. The number of anilines is 1. The first-order valence-electron chi connectivity index (χ1n) is 9.69. The highest BCUT2D eigenvalue weighted by atomic mass is 32.1. The van der Waals surface area contributed by atoms with Crippen LogP contribution in [-0.2, 0) is 0 Å². The SMILES string of the molecule is CN(C)c1cccc(C(=O)N2CCC[C@H](c3cccc(-c4cccs4)n3)C2)c1. The third-order valence-electron chi connectivity index (χ3n) is 5.28. The summed E-state index contributed by atoms with van der Waals surface area (Å²) in [5.41, 5.74) is 3.91. The van der Waals surface area contributed by atoms with Crippen molar-refractivity contribution in [3.63, 3.8) is 0 Å². The minimum absolute atomic E-state index is 0.114. The van der Waals surface area contributed by atoms with Crippen LogP contribution in [0.3, 0.4) is 0 Å². The molecule has 0 bridgehead atoms. The van der Waals surface area contributed by atoms with Gasteiger partial charge in [0.25, 0.3) is 5.91 Å². The number of pyridine rings is 1. The summed E-state index contributed by atoms with van der Waals surface area (Å²) >= 11 is 1.71. The summed E-state index contributed by atoms with van der Waals surface area (Å²) in [6.07, 6.45) is 2.08. The Morgan fingerprint density at radius 2 is 2.00 bits per heavy atom. The van der Waals surface area contributed by atoms with Crippen molar-refractivity contribution in [2.24, 2.45) is 0 Å². The van der Waals surface area contributed by atoms with Gasteiger partial charge in [-0.05, 0) is 54.6 Å². The van der Waals surface area contributed by atoms with Crippen molar-refractivity contribution in [2.75, 3.05) is 32.1 Å².